The molecular formula is C13H16BrNO3S. The van der Waals surface area contributed by atoms with E-state index in [2.05, 4.69) is 33.4 Å². The maximum Gasteiger partial charge on any atom is 0.157 e. The maximum absolute atomic E-state index is 11.1. The third-order valence-electron chi connectivity index (χ3n) is 3.59. The lowest BCUT2D eigenvalue weighted by Crippen LogP contribution is -2.45. The molecule has 19 heavy (non-hydrogen) atoms. The smallest absolute Gasteiger partial charge is 0.157 e. The Morgan fingerprint density at radius 1 is 1.32 bits per heavy atom. The number of rotatable bonds is 3. The topological polar surface area (TPSA) is 55.4 Å². The van der Waals surface area contributed by atoms with Crippen LogP contribution in [0.2, 0.25) is 0 Å². The van der Waals surface area contributed by atoms with E-state index in [0.29, 0.717) is 6.04 Å². The Morgan fingerprint density at radius 3 is 2.68 bits per heavy atom. The second-order valence-corrected chi connectivity index (χ2v) is 8.16. The van der Waals surface area contributed by atoms with E-state index in [1.807, 2.05) is 6.07 Å². The first kappa shape index (κ1) is 13.4. The lowest BCUT2D eigenvalue weighted by molar-refractivity contribution is 0.229. The summed E-state index contributed by atoms with van der Waals surface area (Å²) in [4.78, 5) is 0. The fourth-order valence-electron chi connectivity index (χ4n) is 2.56. The highest BCUT2D eigenvalue weighted by Crippen LogP contribution is 2.32. The van der Waals surface area contributed by atoms with Crippen molar-refractivity contribution in [2.45, 2.75) is 25.0 Å². The average molecular weight is 346 g/mol. The molecule has 6 heteroatoms. The highest BCUT2D eigenvalue weighted by Gasteiger charge is 2.35. The van der Waals surface area contributed by atoms with Crippen LogP contribution in [0.5, 0.6) is 5.75 Å². The van der Waals surface area contributed by atoms with Gasteiger partial charge in [0.05, 0.1) is 16.0 Å². The van der Waals surface area contributed by atoms with Gasteiger partial charge in [-0.3, -0.25) is 0 Å². The normalized spacial score (nSPS) is 26.1. The fraction of sp³-hybridized carbons (Fsp3) is 0.538. The van der Waals surface area contributed by atoms with E-state index < -0.39 is 9.84 Å². The van der Waals surface area contributed by atoms with Crippen LogP contribution in [0.3, 0.4) is 0 Å². The van der Waals surface area contributed by atoms with E-state index in [4.69, 9.17) is 4.74 Å². The van der Waals surface area contributed by atoms with Crippen LogP contribution in [0.25, 0.3) is 0 Å². The van der Waals surface area contributed by atoms with Gasteiger partial charge in [-0.1, -0.05) is 6.07 Å². The van der Waals surface area contributed by atoms with Crippen molar-refractivity contribution in [3.63, 3.8) is 0 Å². The zero-order valence-electron chi connectivity index (χ0n) is 10.4. The summed E-state index contributed by atoms with van der Waals surface area (Å²) in [5.41, 5.74) is 1.25. The van der Waals surface area contributed by atoms with Crippen molar-refractivity contribution in [3.05, 3.63) is 28.2 Å². The van der Waals surface area contributed by atoms with Crippen LogP contribution in [-0.4, -0.2) is 32.6 Å². The van der Waals surface area contributed by atoms with Crippen LogP contribution in [-0.2, 0) is 9.84 Å². The van der Waals surface area contributed by atoms with Gasteiger partial charge in [0.2, 0.25) is 0 Å². The Labute approximate surface area is 121 Å². The fourth-order valence-corrected chi connectivity index (χ4v) is 4.23. The predicted molar refractivity (Wildman–Crippen MR) is 77.2 cm³/mol. The third-order valence-corrected chi connectivity index (χ3v) is 5.97. The predicted octanol–water partition coefficient (Wildman–Crippen LogP) is 2.05. The SMILES string of the molecule is O=S1(=O)CC(Oc2ccc(C3CCCN3)cc2Br)C1. The molecule has 104 valence electrons. The molecule has 1 aromatic rings. The van der Waals surface area contributed by atoms with E-state index >= 15 is 0 Å². The quantitative estimate of drug-likeness (QED) is 0.910. The number of hydrogen-bond donors (Lipinski definition) is 1. The third kappa shape index (κ3) is 2.95. The Kier molecular flexibility index (Phi) is 3.57. The Bertz CT molecular complexity index is 570. The highest BCUT2D eigenvalue weighted by atomic mass is 79.9. The summed E-state index contributed by atoms with van der Waals surface area (Å²) in [6.45, 7) is 1.07. The monoisotopic (exact) mass is 345 g/mol. The molecule has 0 saturated carbocycles. The average Bonchev–Trinajstić information content (AvgIpc) is 2.82. The van der Waals surface area contributed by atoms with Gasteiger partial charge in [-0.15, -0.1) is 0 Å². The van der Waals surface area contributed by atoms with Gasteiger partial charge in [0.1, 0.15) is 11.9 Å². The summed E-state index contributed by atoms with van der Waals surface area (Å²) in [5.74, 6) is 0.984. The van der Waals surface area contributed by atoms with Gasteiger partial charge in [0.15, 0.2) is 9.84 Å². The van der Waals surface area contributed by atoms with Crippen LogP contribution in [0.4, 0.5) is 0 Å². The zero-order chi connectivity index (χ0) is 13.5. The van der Waals surface area contributed by atoms with E-state index in [9.17, 15) is 8.42 Å². The minimum absolute atomic E-state index is 0.130. The van der Waals surface area contributed by atoms with Crippen LogP contribution >= 0.6 is 15.9 Å². The highest BCUT2D eigenvalue weighted by molar-refractivity contribution is 9.10. The molecule has 0 amide bonds. The van der Waals surface area contributed by atoms with Crippen molar-refractivity contribution in [2.75, 3.05) is 18.1 Å². The van der Waals surface area contributed by atoms with Gasteiger partial charge in [0, 0.05) is 6.04 Å². The second kappa shape index (κ2) is 5.07. The van der Waals surface area contributed by atoms with Crippen LogP contribution in [0, 0.1) is 0 Å². The van der Waals surface area contributed by atoms with Gasteiger partial charge in [-0.05, 0) is 53.0 Å². The van der Waals surface area contributed by atoms with Gasteiger partial charge in [-0.2, -0.15) is 0 Å². The van der Waals surface area contributed by atoms with Crippen LogP contribution in [0.1, 0.15) is 24.4 Å². The van der Waals surface area contributed by atoms with Gasteiger partial charge in [-0.25, -0.2) is 8.42 Å². The Morgan fingerprint density at radius 2 is 2.11 bits per heavy atom. The van der Waals surface area contributed by atoms with E-state index in [1.54, 1.807) is 0 Å². The number of halogens is 1. The zero-order valence-corrected chi connectivity index (χ0v) is 12.8. The molecule has 4 nitrogen and oxygen atoms in total. The molecule has 0 aromatic heterocycles. The molecule has 0 spiro atoms. The van der Waals surface area contributed by atoms with E-state index in [0.717, 1.165) is 23.2 Å². The number of hydrogen-bond acceptors (Lipinski definition) is 4. The molecule has 2 heterocycles. The first-order chi connectivity index (χ1) is 9.03. The molecule has 2 saturated heterocycles. The van der Waals surface area contributed by atoms with E-state index in [-0.39, 0.29) is 17.6 Å². The van der Waals surface area contributed by atoms with Gasteiger partial charge < -0.3 is 10.1 Å². The first-order valence-corrected chi connectivity index (χ1v) is 9.05. The van der Waals surface area contributed by atoms with Crippen LogP contribution < -0.4 is 10.1 Å². The van der Waals surface area contributed by atoms with Crippen molar-refractivity contribution in [3.8, 4) is 5.75 Å². The van der Waals surface area contributed by atoms with Gasteiger partial charge >= 0.3 is 0 Å². The van der Waals surface area contributed by atoms with Crippen molar-refractivity contribution >= 4 is 25.8 Å². The summed E-state index contributed by atoms with van der Waals surface area (Å²) in [7, 11) is -2.84. The summed E-state index contributed by atoms with van der Waals surface area (Å²) in [6.07, 6.45) is 2.17. The molecule has 2 aliphatic rings. The Hall–Kier alpha value is -0.590. The summed E-state index contributed by atoms with van der Waals surface area (Å²) in [6, 6.07) is 6.46. The van der Waals surface area contributed by atoms with Crippen molar-refractivity contribution in [1.29, 1.82) is 0 Å². The molecule has 1 aromatic carbocycles. The molecule has 2 aliphatic heterocycles. The molecule has 1 N–H and O–H groups in total. The lowest BCUT2D eigenvalue weighted by Gasteiger charge is -2.27. The number of ether oxygens (including phenoxy) is 1. The lowest BCUT2D eigenvalue weighted by atomic mass is 10.1. The molecule has 0 radical (unpaired) electrons. The largest absolute Gasteiger partial charge is 0.487 e. The summed E-state index contributed by atoms with van der Waals surface area (Å²) in [5, 5.41) is 3.45. The Balaban J connectivity index is 1.69. The summed E-state index contributed by atoms with van der Waals surface area (Å²) >= 11 is 3.50. The standard InChI is InChI=1S/C13H16BrNO3S/c14-11-6-9(12-2-1-5-15-12)3-4-13(11)18-10-7-19(16,17)8-10/h3-4,6,10,12,15H,1-2,5,7-8H2. The molecular weight excluding hydrogens is 330 g/mol. The number of sulfone groups is 1. The molecule has 0 bridgehead atoms. The van der Waals surface area contributed by atoms with E-state index in [1.165, 1.54) is 12.0 Å². The second-order valence-electron chi connectivity index (χ2n) is 5.16. The molecule has 1 unspecified atom stereocenters. The minimum Gasteiger partial charge on any atom is -0.487 e. The molecule has 0 aliphatic carbocycles. The minimum atomic E-state index is -2.84. The van der Waals surface area contributed by atoms with Crippen molar-refractivity contribution in [2.24, 2.45) is 0 Å². The van der Waals surface area contributed by atoms with Crippen LogP contribution in [0.15, 0.2) is 22.7 Å². The maximum atomic E-state index is 11.1. The van der Waals surface area contributed by atoms with Crippen molar-refractivity contribution < 1.29 is 13.2 Å². The number of benzene rings is 1. The molecule has 2 fully saturated rings. The van der Waals surface area contributed by atoms with Gasteiger partial charge in [0.25, 0.3) is 0 Å². The molecule has 1 atom stereocenters. The van der Waals surface area contributed by atoms with Crippen molar-refractivity contribution in [1.82, 2.24) is 5.32 Å². The summed E-state index contributed by atoms with van der Waals surface area (Å²) < 4.78 is 28.8. The number of nitrogens with one attached hydrogen (secondary N) is 1. The first-order valence-electron chi connectivity index (χ1n) is 6.43. The molecule has 3 rings (SSSR count).